The van der Waals surface area contributed by atoms with Crippen molar-refractivity contribution in [2.45, 2.75) is 20.0 Å². The van der Waals surface area contributed by atoms with Crippen molar-refractivity contribution in [1.29, 1.82) is 0 Å². The number of methoxy groups -OCH3 is 1. The lowest BCUT2D eigenvalue weighted by Gasteiger charge is -2.09. The van der Waals surface area contributed by atoms with Crippen LogP contribution in [0.2, 0.25) is 0 Å². The van der Waals surface area contributed by atoms with Crippen molar-refractivity contribution in [2.24, 2.45) is 0 Å². The summed E-state index contributed by atoms with van der Waals surface area (Å²) in [6.45, 7) is 3.83. The second-order valence-electron chi connectivity index (χ2n) is 5.27. The van der Waals surface area contributed by atoms with Crippen LogP contribution >= 0.6 is 8.96 Å². The first kappa shape index (κ1) is 26.7. The van der Waals surface area contributed by atoms with Gasteiger partial charge >= 0.3 is 0 Å². The average Bonchev–Trinajstić information content (AvgIpc) is 2.71. The molecule has 0 radical (unpaired) electrons. The van der Waals surface area contributed by atoms with Crippen LogP contribution in [0.15, 0.2) is 30.3 Å². The second-order valence-corrected chi connectivity index (χ2v) is 6.03. The predicted octanol–water partition coefficient (Wildman–Crippen LogP) is 4.49. The van der Waals surface area contributed by atoms with Crippen molar-refractivity contribution in [3.8, 4) is 11.5 Å². The number of carbonyl (C=O) groups is 1. The molecule has 0 saturated heterocycles. The standard InChI is InChI=1S/C8H5F5NO2P.C6H6O.C4H10O/c9-3-4(10)6(12)8(7(13)5(3)11)16-17-14-1-2-15;7-6-4-2-1-3-5-6;1-4(2)5-3/h2,14,17H,1H2;1-5,7H;4H,1-3H3. The number of ether oxygens (including phenoxy) is 1. The van der Waals surface area contributed by atoms with E-state index in [-0.39, 0.29) is 6.54 Å². The van der Waals surface area contributed by atoms with E-state index in [2.05, 4.69) is 9.61 Å². The number of carbonyl (C=O) groups excluding carboxylic acids is 1. The fourth-order valence-corrected chi connectivity index (χ4v) is 1.79. The maximum absolute atomic E-state index is 13.0. The fourth-order valence-electron chi connectivity index (χ4n) is 1.27. The quantitative estimate of drug-likeness (QED) is 0.173. The SMILES string of the molecule is COC(C)C.O=CCNPOc1c(F)c(F)c(F)c(F)c1F.Oc1ccccc1. The molecule has 2 aromatic rings. The minimum atomic E-state index is -2.25. The molecule has 0 amide bonds. The van der Waals surface area contributed by atoms with Crippen LogP contribution in [0.25, 0.3) is 0 Å². The van der Waals surface area contributed by atoms with E-state index in [0.717, 1.165) is 0 Å². The van der Waals surface area contributed by atoms with Crippen molar-refractivity contribution in [3.05, 3.63) is 59.4 Å². The summed E-state index contributed by atoms with van der Waals surface area (Å²) < 4.78 is 73.0. The van der Waals surface area contributed by atoms with Gasteiger partial charge in [-0.1, -0.05) is 18.2 Å². The van der Waals surface area contributed by atoms with Gasteiger partial charge in [0, 0.05) is 7.11 Å². The molecule has 0 aliphatic carbocycles. The topological polar surface area (TPSA) is 67.8 Å². The highest BCUT2D eigenvalue weighted by molar-refractivity contribution is 7.30. The number of hydrogen-bond acceptors (Lipinski definition) is 5. The average molecular weight is 441 g/mol. The van der Waals surface area contributed by atoms with Gasteiger partial charge in [0.1, 0.15) is 21.0 Å². The Balaban J connectivity index is 0.000000532. The molecule has 162 valence electrons. The normalized spacial score (nSPS) is 10.2. The van der Waals surface area contributed by atoms with E-state index in [1.807, 2.05) is 19.9 Å². The van der Waals surface area contributed by atoms with E-state index >= 15 is 0 Å². The zero-order valence-electron chi connectivity index (χ0n) is 15.8. The molecule has 0 saturated carbocycles. The molecule has 0 heterocycles. The van der Waals surface area contributed by atoms with Crippen LogP contribution in [0.1, 0.15) is 13.8 Å². The van der Waals surface area contributed by atoms with Crippen molar-refractivity contribution >= 4 is 15.2 Å². The first-order valence-corrected chi connectivity index (χ1v) is 8.94. The van der Waals surface area contributed by atoms with Crippen LogP contribution in [0.3, 0.4) is 0 Å². The molecule has 11 heteroatoms. The first-order valence-electron chi connectivity index (χ1n) is 8.03. The maximum atomic E-state index is 13.0. The zero-order valence-corrected chi connectivity index (χ0v) is 16.8. The van der Waals surface area contributed by atoms with Gasteiger partial charge in [0.15, 0.2) is 0 Å². The van der Waals surface area contributed by atoms with Gasteiger partial charge in [0.05, 0.1) is 12.6 Å². The number of benzene rings is 2. The van der Waals surface area contributed by atoms with Crippen molar-refractivity contribution in [3.63, 3.8) is 0 Å². The zero-order chi connectivity index (χ0) is 22.4. The monoisotopic (exact) mass is 441 g/mol. The van der Waals surface area contributed by atoms with Gasteiger partial charge in [0.25, 0.3) is 0 Å². The predicted molar refractivity (Wildman–Crippen MR) is 99.5 cm³/mol. The number of halogens is 5. The second kappa shape index (κ2) is 14.7. The van der Waals surface area contributed by atoms with E-state index in [1.54, 1.807) is 31.4 Å². The van der Waals surface area contributed by atoms with Crippen LogP contribution in [0, 0.1) is 29.1 Å². The van der Waals surface area contributed by atoms with Crippen LogP contribution in [0.5, 0.6) is 11.5 Å². The van der Waals surface area contributed by atoms with Crippen LogP contribution in [0.4, 0.5) is 22.0 Å². The summed E-state index contributed by atoms with van der Waals surface area (Å²) in [5.74, 6) is -11.6. The summed E-state index contributed by atoms with van der Waals surface area (Å²) >= 11 is 0. The third-order valence-corrected chi connectivity index (χ3v) is 3.46. The number of phenolic OH excluding ortho intramolecular Hbond substituents is 1. The summed E-state index contributed by atoms with van der Waals surface area (Å²) in [5, 5.41) is 10.9. The number of hydrogen-bond donors (Lipinski definition) is 2. The Morgan fingerprint density at radius 3 is 1.79 bits per heavy atom. The number of para-hydroxylation sites is 1. The molecule has 0 aliphatic rings. The van der Waals surface area contributed by atoms with Gasteiger partial charge in [0.2, 0.25) is 34.8 Å². The van der Waals surface area contributed by atoms with Crippen LogP contribution in [-0.2, 0) is 9.53 Å². The number of rotatable bonds is 6. The molecular weight excluding hydrogens is 420 g/mol. The van der Waals surface area contributed by atoms with E-state index in [1.165, 1.54) is 0 Å². The molecule has 1 unspecified atom stereocenters. The Morgan fingerprint density at radius 2 is 1.45 bits per heavy atom. The van der Waals surface area contributed by atoms with Gasteiger partial charge in [-0.05, 0) is 26.0 Å². The third kappa shape index (κ3) is 10.2. The molecule has 0 fully saturated rings. The Kier molecular flexibility index (Phi) is 13.5. The van der Waals surface area contributed by atoms with E-state index < -0.39 is 43.8 Å². The Bertz CT molecular complexity index is 722. The Morgan fingerprint density at radius 1 is 1.00 bits per heavy atom. The van der Waals surface area contributed by atoms with E-state index in [0.29, 0.717) is 18.1 Å². The van der Waals surface area contributed by atoms with Crippen LogP contribution in [-0.4, -0.2) is 31.2 Å². The number of aldehydes is 1. The van der Waals surface area contributed by atoms with E-state index in [4.69, 9.17) is 9.84 Å². The molecule has 0 spiro atoms. The minimum Gasteiger partial charge on any atom is -0.508 e. The molecule has 0 aromatic heterocycles. The lowest BCUT2D eigenvalue weighted by atomic mass is 10.3. The van der Waals surface area contributed by atoms with E-state index in [9.17, 15) is 26.7 Å². The summed E-state index contributed by atoms with van der Waals surface area (Å²) in [6, 6.07) is 8.71. The molecule has 0 aliphatic heterocycles. The summed E-state index contributed by atoms with van der Waals surface area (Å²) in [7, 11) is 0.881. The van der Waals surface area contributed by atoms with Crippen LogP contribution < -0.4 is 9.61 Å². The van der Waals surface area contributed by atoms with Gasteiger partial charge in [-0.3, -0.25) is 5.09 Å². The van der Waals surface area contributed by atoms with Crippen molar-refractivity contribution in [2.75, 3.05) is 13.7 Å². The van der Waals surface area contributed by atoms with Crippen molar-refractivity contribution < 1.29 is 41.1 Å². The first-order chi connectivity index (χ1) is 13.7. The maximum Gasteiger partial charge on any atom is 0.207 e. The highest BCUT2D eigenvalue weighted by Crippen LogP contribution is 2.31. The lowest BCUT2D eigenvalue weighted by Crippen LogP contribution is -2.08. The molecule has 2 aromatic carbocycles. The Hall–Kier alpha value is -2.29. The number of phenols is 1. The molecule has 2 rings (SSSR count). The Labute approximate surface area is 166 Å². The number of aromatic hydroxyl groups is 1. The minimum absolute atomic E-state index is 0.173. The van der Waals surface area contributed by atoms with Gasteiger partial charge < -0.3 is 19.2 Å². The molecule has 29 heavy (non-hydrogen) atoms. The van der Waals surface area contributed by atoms with Gasteiger partial charge in [-0.2, -0.15) is 8.78 Å². The lowest BCUT2D eigenvalue weighted by molar-refractivity contribution is -0.106. The highest BCUT2D eigenvalue weighted by atomic mass is 31.1. The van der Waals surface area contributed by atoms with Gasteiger partial charge in [-0.15, -0.1) is 0 Å². The smallest absolute Gasteiger partial charge is 0.207 e. The fraction of sp³-hybridized carbons (Fsp3) is 0.278. The highest BCUT2D eigenvalue weighted by Gasteiger charge is 2.26. The van der Waals surface area contributed by atoms with Crippen molar-refractivity contribution in [1.82, 2.24) is 5.09 Å². The molecule has 2 N–H and O–H groups in total. The van der Waals surface area contributed by atoms with Gasteiger partial charge in [-0.25, -0.2) is 13.2 Å². The largest absolute Gasteiger partial charge is 0.508 e. The summed E-state index contributed by atoms with van der Waals surface area (Å²) in [4.78, 5) is 9.87. The summed E-state index contributed by atoms with van der Waals surface area (Å²) in [5.41, 5.74) is 0. The molecule has 1 atom stereocenters. The third-order valence-electron chi connectivity index (χ3n) is 2.81. The molecule has 5 nitrogen and oxygen atoms in total. The number of nitrogens with one attached hydrogen (secondary N) is 1. The summed E-state index contributed by atoms with van der Waals surface area (Å²) in [6.07, 6.45) is 0.824. The molecule has 0 bridgehead atoms. The molecular formula is C18H21F5NO4P.